The van der Waals surface area contributed by atoms with E-state index in [1.54, 1.807) is 0 Å². The Morgan fingerprint density at radius 1 is 0.667 bits per heavy atom. The summed E-state index contributed by atoms with van der Waals surface area (Å²) in [6.45, 7) is 6.75. The molecule has 174 valence electrons. The molecule has 0 bridgehead atoms. The van der Waals surface area contributed by atoms with Crippen molar-refractivity contribution in [3.05, 3.63) is 89.5 Å². The van der Waals surface area contributed by atoms with E-state index in [-0.39, 0.29) is 0 Å². The van der Waals surface area contributed by atoms with Gasteiger partial charge in [-0.15, -0.1) is 0 Å². The van der Waals surface area contributed by atoms with Crippen LogP contribution >= 0.6 is 0 Å². The maximum Gasteiger partial charge on any atom is 0.0461 e. The van der Waals surface area contributed by atoms with Crippen molar-refractivity contribution in [3.63, 3.8) is 0 Å². The van der Waals surface area contributed by atoms with E-state index >= 15 is 0 Å². The Bertz CT molecular complexity index is 957. The molecule has 0 radical (unpaired) electrons. The molecule has 0 N–H and O–H groups in total. The summed E-state index contributed by atoms with van der Waals surface area (Å²) >= 11 is 0. The van der Waals surface area contributed by atoms with Crippen molar-refractivity contribution in [2.45, 2.75) is 90.4 Å². The van der Waals surface area contributed by atoms with Crippen LogP contribution in [0.1, 0.15) is 100 Å². The average molecular weight is 440 g/mol. The van der Waals surface area contributed by atoms with E-state index in [1.807, 2.05) is 0 Å². The van der Waals surface area contributed by atoms with Crippen molar-refractivity contribution >= 4 is 17.1 Å². The number of rotatable bonds is 9. The highest BCUT2D eigenvalue weighted by Crippen LogP contribution is 2.38. The first-order valence-electron chi connectivity index (χ1n) is 13.3. The zero-order chi connectivity index (χ0) is 23.0. The molecule has 0 aromatic heterocycles. The second-order valence-corrected chi connectivity index (χ2v) is 9.96. The monoisotopic (exact) mass is 439 g/mol. The van der Waals surface area contributed by atoms with Crippen LogP contribution in [0, 0.1) is 6.92 Å². The molecule has 1 nitrogen and oxygen atoms in total. The predicted molar refractivity (Wildman–Crippen MR) is 144 cm³/mol. The Labute approximate surface area is 201 Å². The zero-order valence-electron chi connectivity index (χ0n) is 20.9. The largest absolute Gasteiger partial charge is 0.311 e. The van der Waals surface area contributed by atoms with E-state index in [4.69, 9.17) is 0 Å². The summed E-state index contributed by atoms with van der Waals surface area (Å²) in [7, 11) is 0. The molecule has 1 heteroatoms. The highest BCUT2D eigenvalue weighted by atomic mass is 15.1. The molecule has 1 fully saturated rings. The minimum Gasteiger partial charge on any atom is -0.311 e. The lowest BCUT2D eigenvalue weighted by Gasteiger charge is -2.27. The van der Waals surface area contributed by atoms with Gasteiger partial charge in [-0.25, -0.2) is 0 Å². The zero-order valence-corrected chi connectivity index (χ0v) is 20.9. The third kappa shape index (κ3) is 5.88. The molecule has 0 heterocycles. The number of anilines is 3. The Kier molecular flexibility index (Phi) is 8.26. The van der Waals surface area contributed by atoms with E-state index in [9.17, 15) is 0 Å². The molecule has 0 saturated heterocycles. The maximum atomic E-state index is 2.41. The van der Waals surface area contributed by atoms with Crippen molar-refractivity contribution < 1.29 is 0 Å². The fourth-order valence-corrected chi connectivity index (χ4v) is 5.54. The lowest BCUT2D eigenvalue weighted by Crippen LogP contribution is -2.11. The van der Waals surface area contributed by atoms with Crippen LogP contribution < -0.4 is 4.90 Å². The minimum absolute atomic E-state index is 0.677. The van der Waals surface area contributed by atoms with E-state index in [0.717, 1.165) is 5.92 Å². The number of aryl methyl sites for hydroxylation is 1. The fourth-order valence-electron chi connectivity index (χ4n) is 5.54. The molecule has 0 amide bonds. The van der Waals surface area contributed by atoms with Crippen molar-refractivity contribution in [2.75, 3.05) is 4.90 Å². The molecule has 33 heavy (non-hydrogen) atoms. The van der Waals surface area contributed by atoms with Gasteiger partial charge in [-0.05, 0) is 92.0 Å². The summed E-state index contributed by atoms with van der Waals surface area (Å²) in [6, 6.07) is 27.7. The van der Waals surface area contributed by atoms with Crippen LogP contribution in [0.15, 0.2) is 72.8 Å². The molecule has 4 rings (SSSR count). The topological polar surface area (TPSA) is 3.24 Å². The van der Waals surface area contributed by atoms with Crippen LogP contribution in [0.4, 0.5) is 17.1 Å². The van der Waals surface area contributed by atoms with E-state index in [0.29, 0.717) is 5.92 Å². The van der Waals surface area contributed by atoms with Crippen LogP contribution in [0.3, 0.4) is 0 Å². The number of hydrogen-bond acceptors (Lipinski definition) is 1. The van der Waals surface area contributed by atoms with Gasteiger partial charge in [0.05, 0.1) is 0 Å². The van der Waals surface area contributed by atoms with Gasteiger partial charge in [0.1, 0.15) is 0 Å². The van der Waals surface area contributed by atoms with Gasteiger partial charge in [-0.1, -0.05) is 87.9 Å². The third-order valence-corrected chi connectivity index (χ3v) is 7.42. The molecule has 1 saturated carbocycles. The quantitative estimate of drug-likeness (QED) is 0.320. The molecule has 0 aliphatic heterocycles. The van der Waals surface area contributed by atoms with Gasteiger partial charge >= 0.3 is 0 Å². The highest BCUT2D eigenvalue weighted by Gasteiger charge is 2.18. The van der Waals surface area contributed by atoms with Crippen molar-refractivity contribution in [1.29, 1.82) is 0 Å². The maximum absolute atomic E-state index is 2.41. The molecule has 0 spiro atoms. The number of nitrogens with zero attached hydrogens (tertiary/aromatic N) is 1. The van der Waals surface area contributed by atoms with Gasteiger partial charge in [-0.3, -0.25) is 0 Å². The van der Waals surface area contributed by atoms with E-state index < -0.39 is 0 Å². The Balaban J connectivity index is 1.65. The van der Waals surface area contributed by atoms with Gasteiger partial charge in [0.2, 0.25) is 0 Å². The number of benzene rings is 3. The van der Waals surface area contributed by atoms with Crippen LogP contribution in [0.5, 0.6) is 0 Å². The van der Waals surface area contributed by atoms with Gasteiger partial charge in [0, 0.05) is 17.1 Å². The fraction of sp³-hybridized carbons (Fsp3) is 0.438. The Morgan fingerprint density at radius 2 is 1.15 bits per heavy atom. The smallest absolute Gasteiger partial charge is 0.0461 e. The average Bonchev–Trinajstić information content (AvgIpc) is 2.87. The van der Waals surface area contributed by atoms with Gasteiger partial charge in [-0.2, -0.15) is 0 Å². The van der Waals surface area contributed by atoms with Gasteiger partial charge in [0.15, 0.2) is 0 Å². The van der Waals surface area contributed by atoms with Gasteiger partial charge < -0.3 is 4.90 Å². The normalized spacial score (nSPS) is 14.5. The molecule has 0 unspecified atom stereocenters. The minimum atomic E-state index is 0.677. The van der Waals surface area contributed by atoms with Crippen LogP contribution in [-0.4, -0.2) is 0 Å². The van der Waals surface area contributed by atoms with Crippen LogP contribution in [-0.2, 0) is 0 Å². The first-order chi connectivity index (χ1) is 16.2. The van der Waals surface area contributed by atoms with Crippen molar-refractivity contribution in [2.24, 2.45) is 0 Å². The summed E-state index contributed by atoms with van der Waals surface area (Å²) < 4.78 is 0. The first-order valence-corrected chi connectivity index (χ1v) is 13.3. The Hall–Kier alpha value is -2.54. The highest BCUT2D eigenvalue weighted by molar-refractivity contribution is 5.76. The third-order valence-electron chi connectivity index (χ3n) is 7.42. The molecular formula is C32H41N. The number of hydrogen-bond donors (Lipinski definition) is 0. The summed E-state index contributed by atoms with van der Waals surface area (Å²) in [5, 5.41) is 0. The van der Waals surface area contributed by atoms with Crippen LogP contribution in [0.25, 0.3) is 0 Å². The summed E-state index contributed by atoms with van der Waals surface area (Å²) in [6.07, 6.45) is 11.9. The lowest BCUT2D eigenvalue weighted by atomic mass is 9.84. The standard InChI is InChI=1S/C32H41N/c1-4-9-26(10-5-2)28-15-21-31(22-16-28)33(30-19-13-25(3)14-20-30)32-23-17-29(18-24-32)27-11-7-6-8-12-27/h13-24,26-27H,4-12H2,1-3H3. The molecule has 1 aliphatic carbocycles. The van der Waals surface area contributed by atoms with Gasteiger partial charge in [0.25, 0.3) is 0 Å². The van der Waals surface area contributed by atoms with Crippen molar-refractivity contribution in [3.8, 4) is 0 Å². The second kappa shape index (κ2) is 11.5. The van der Waals surface area contributed by atoms with E-state index in [1.165, 1.54) is 91.5 Å². The molecular weight excluding hydrogens is 398 g/mol. The first kappa shape index (κ1) is 23.6. The lowest BCUT2D eigenvalue weighted by molar-refractivity contribution is 0.443. The summed E-state index contributed by atoms with van der Waals surface area (Å²) in [5.41, 5.74) is 7.99. The molecule has 0 atom stereocenters. The summed E-state index contributed by atoms with van der Waals surface area (Å²) in [4.78, 5) is 2.41. The molecule has 3 aromatic carbocycles. The summed E-state index contributed by atoms with van der Waals surface area (Å²) in [5.74, 6) is 1.42. The van der Waals surface area contributed by atoms with Crippen molar-refractivity contribution in [1.82, 2.24) is 0 Å². The second-order valence-electron chi connectivity index (χ2n) is 9.96. The predicted octanol–water partition coefficient (Wildman–Crippen LogP) is 10.2. The Morgan fingerprint density at radius 3 is 1.67 bits per heavy atom. The molecule has 3 aromatic rings. The molecule has 1 aliphatic rings. The van der Waals surface area contributed by atoms with Crippen LogP contribution in [0.2, 0.25) is 0 Å². The SMILES string of the molecule is CCCC(CCC)c1ccc(N(c2ccc(C)cc2)c2ccc(C3CCCCC3)cc2)cc1. The van der Waals surface area contributed by atoms with E-state index in [2.05, 4.69) is 98.5 Å².